The van der Waals surface area contributed by atoms with Crippen molar-refractivity contribution in [3.63, 3.8) is 0 Å². The zero-order valence-corrected chi connectivity index (χ0v) is 34.1. The number of carbonyl (C=O) groups excluding carboxylic acids is 4. The van der Waals surface area contributed by atoms with Gasteiger partial charge >= 0.3 is 6.09 Å². The Morgan fingerprint density at radius 1 is 0.983 bits per heavy atom. The van der Waals surface area contributed by atoms with Gasteiger partial charge in [-0.05, 0) is 108 Å². The van der Waals surface area contributed by atoms with Crippen LogP contribution in [0.3, 0.4) is 0 Å². The lowest BCUT2D eigenvalue weighted by Gasteiger charge is -2.39. The number of carbonyl (C=O) groups is 4. The van der Waals surface area contributed by atoms with Crippen molar-refractivity contribution in [3.8, 4) is 11.5 Å². The van der Waals surface area contributed by atoms with Crippen molar-refractivity contribution in [2.75, 3.05) is 13.7 Å². The van der Waals surface area contributed by atoms with Gasteiger partial charge in [0.15, 0.2) is 0 Å². The fourth-order valence-electron chi connectivity index (χ4n) is 9.85. The van der Waals surface area contributed by atoms with E-state index in [0.29, 0.717) is 56.4 Å². The molecule has 4 aliphatic carbocycles. The molecule has 3 N–H and O–H groups in total. The molecule has 1 spiro atoms. The monoisotopic (exact) mass is 817 g/mol. The van der Waals surface area contributed by atoms with Crippen LogP contribution in [0.4, 0.5) is 4.79 Å². The minimum absolute atomic E-state index is 0.0814. The second-order valence-corrected chi connectivity index (χ2v) is 19.8. The van der Waals surface area contributed by atoms with Gasteiger partial charge in [-0.15, -0.1) is 0 Å². The normalized spacial score (nSPS) is 30.5. The number of hydrogen-bond acceptors (Lipinski definition) is 10. The van der Waals surface area contributed by atoms with Crippen molar-refractivity contribution < 1.29 is 41.8 Å². The third-order valence-corrected chi connectivity index (χ3v) is 15.6. The van der Waals surface area contributed by atoms with Crippen molar-refractivity contribution in [3.05, 3.63) is 41.6 Å². The summed E-state index contributed by atoms with van der Waals surface area (Å²) in [4.78, 5) is 63.6. The van der Waals surface area contributed by atoms with Gasteiger partial charge < -0.3 is 29.7 Å². The maximum Gasteiger partial charge on any atom is 0.408 e. The van der Waals surface area contributed by atoms with Crippen LogP contribution in [0, 0.1) is 5.92 Å². The Bertz CT molecular complexity index is 2130. The molecule has 0 bridgehead atoms. The number of methoxy groups -OCH3 is 1. The smallest absolute Gasteiger partial charge is 0.408 e. The summed E-state index contributed by atoms with van der Waals surface area (Å²) < 4.78 is 46.7. The zero-order chi connectivity index (χ0) is 40.2. The highest BCUT2D eigenvalue weighted by Crippen LogP contribution is 2.51. The Kier molecular flexibility index (Phi) is 10.3. The minimum atomic E-state index is -3.89. The number of nitrogens with one attached hydrogen (secondary N) is 3. The van der Waals surface area contributed by atoms with Crippen LogP contribution < -0.4 is 24.8 Å². The van der Waals surface area contributed by atoms with Gasteiger partial charge in [-0.2, -0.15) is 0 Å². The Hall–Kier alpha value is -4.40. The molecule has 0 radical (unpaired) electrons. The number of fused-ring (bicyclic) bond motifs is 5. The van der Waals surface area contributed by atoms with Gasteiger partial charge in [-0.25, -0.2) is 18.2 Å². The largest absolute Gasteiger partial charge is 0.497 e. The number of allylic oxidation sites excluding steroid dienone is 1. The molecule has 3 aliphatic heterocycles. The topological polar surface area (TPSA) is 182 Å². The highest BCUT2D eigenvalue weighted by molar-refractivity contribution is 7.91. The summed E-state index contributed by atoms with van der Waals surface area (Å²) in [7, 11) is -2.26. The number of benzene rings is 1. The Morgan fingerprint density at radius 3 is 2.52 bits per heavy atom. The van der Waals surface area contributed by atoms with E-state index in [-0.39, 0.29) is 31.4 Å². The number of rotatable bonds is 7. The van der Waals surface area contributed by atoms with Crippen LogP contribution in [-0.4, -0.2) is 90.3 Å². The fourth-order valence-corrected chi connectivity index (χ4v) is 11.2. The molecule has 5 atom stereocenters. The number of nitrogens with zero attached hydrogens (tertiary/aromatic N) is 2. The summed E-state index contributed by atoms with van der Waals surface area (Å²) in [6.45, 7) is 0.0814. The molecule has 4 amide bonds. The number of aromatic nitrogens is 1. The van der Waals surface area contributed by atoms with E-state index in [9.17, 15) is 27.6 Å². The molecule has 1 aromatic carbocycles. The maximum absolute atomic E-state index is 14.9. The van der Waals surface area contributed by atoms with Gasteiger partial charge in [0.05, 0.1) is 30.1 Å². The number of pyridine rings is 1. The molecule has 15 heteroatoms. The van der Waals surface area contributed by atoms with Crippen LogP contribution >= 0.6 is 0 Å². The third-order valence-electron chi connectivity index (χ3n) is 13.8. The predicted molar refractivity (Wildman–Crippen MR) is 214 cm³/mol. The van der Waals surface area contributed by atoms with E-state index in [1.54, 1.807) is 7.11 Å². The minimum Gasteiger partial charge on any atom is -0.497 e. The average molecular weight is 818 g/mol. The van der Waals surface area contributed by atoms with Crippen molar-refractivity contribution >= 4 is 44.7 Å². The van der Waals surface area contributed by atoms with E-state index in [2.05, 4.69) is 15.4 Å². The quantitative estimate of drug-likeness (QED) is 0.314. The predicted octanol–water partition coefficient (Wildman–Crippen LogP) is 5.22. The second-order valence-electron chi connectivity index (χ2n) is 17.8. The van der Waals surface area contributed by atoms with E-state index < -0.39 is 68.2 Å². The summed E-state index contributed by atoms with van der Waals surface area (Å²) in [5.74, 6) is -0.485. The fraction of sp³-hybridized carbons (Fsp3) is 0.651. The van der Waals surface area contributed by atoms with Gasteiger partial charge in [0, 0.05) is 29.2 Å². The summed E-state index contributed by atoms with van der Waals surface area (Å²) in [5, 5.41) is 6.20. The Labute approximate surface area is 339 Å². The van der Waals surface area contributed by atoms with Crippen LogP contribution in [-0.2, 0) is 35.6 Å². The standard InChI is InChI=1S/C43H55N5O9S/c1-55-29-16-19-33-32(22-29)31-20-21-42(57-37(31)36(44-33)26-10-9-11-26)24-35-38(49)46-43(40(51)47-58(53,54)30-17-18-30)23-27(43)12-5-3-2-4-6-15-34(39(50)48(35)25-42)45-41(52)56-28-13-7-8-14-28/h5,12,16,19,22,26-28,30,34-35H,2-4,6-11,13-15,17-18,20-21,23-25H2,1H3,(H,45,52)(H,46,49)(H,47,51). The van der Waals surface area contributed by atoms with Crippen molar-refractivity contribution in [1.82, 2.24) is 25.2 Å². The van der Waals surface area contributed by atoms with Gasteiger partial charge in [-0.1, -0.05) is 31.4 Å². The first-order chi connectivity index (χ1) is 28.0. The number of aryl methyl sites for hydroxylation is 1. The number of hydrogen-bond donors (Lipinski definition) is 3. The van der Waals surface area contributed by atoms with E-state index in [0.717, 1.165) is 79.9 Å². The number of ether oxygens (including phenoxy) is 3. The highest BCUT2D eigenvalue weighted by Gasteiger charge is 2.63. The van der Waals surface area contributed by atoms with Crippen LogP contribution in [0.15, 0.2) is 30.4 Å². The molecular formula is C43H55N5O9S. The molecule has 312 valence electrons. The summed E-state index contributed by atoms with van der Waals surface area (Å²) >= 11 is 0. The molecule has 9 rings (SSSR count). The van der Waals surface area contributed by atoms with E-state index in [1.165, 1.54) is 4.90 Å². The van der Waals surface area contributed by atoms with Gasteiger partial charge in [0.2, 0.25) is 21.8 Å². The first kappa shape index (κ1) is 39.1. The molecule has 14 nitrogen and oxygen atoms in total. The molecule has 1 aromatic heterocycles. The lowest BCUT2D eigenvalue weighted by Crippen LogP contribution is -2.58. The van der Waals surface area contributed by atoms with Crippen LogP contribution in [0.2, 0.25) is 0 Å². The summed E-state index contributed by atoms with van der Waals surface area (Å²) in [6.07, 6.45) is 15.5. The van der Waals surface area contributed by atoms with Gasteiger partial charge in [0.25, 0.3) is 5.91 Å². The number of alkyl carbamates (subject to hydrolysis) is 1. The summed E-state index contributed by atoms with van der Waals surface area (Å²) in [5.41, 5.74) is 0.347. The third kappa shape index (κ3) is 7.51. The SMILES string of the molecule is COc1ccc2nc(C3CCC3)c3c(c2c1)CCC1(CC2C(=O)NC4(C(=O)NS(=O)(=O)C5CC5)CC4C=CCCCCCC(NC(=O)OC4CCCC4)C(=O)N2C1)O3. The average Bonchev–Trinajstić information content (AvgIpc) is 4.07. The molecule has 4 heterocycles. The summed E-state index contributed by atoms with van der Waals surface area (Å²) in [6, 6.07) is 3.85. The molecule has 7 aliphatic rings. The zero-order valence-electron chi connectivity index (χ0n) is 33.3. The first-order valence-corrected chi connectivity index (χ1v) is 23.0. The van der Waals surface area contributed by atoms with Crippen molar-refractivity contribution in [2.24, 2.45) is 5.92 Å². The van der Waals surface area contributed by atoms with Crippen molar-refractivity contribution in [2.45, 2.75) is 156 Å². The van der Waals surface area contributed by atoms with Crippen LogP contribution in [0.25, 0.3) is 10.9 Å². The lowest BCUT2D eigenvalue weighted by molar-refractivity contribution is -0.141. The van der Waals surface area contributed by atoms with Crippen LogP contribution in [0.1, 0.15) is 126 Å². The lowest BCUT2D eigenvalue weighted by atomic mass is 9.79. The molecule has 5 unspecified atom stereocenters. The maximum atomic E-state index is 14.9. The molecule has 1 saturated heterocycles. The van der Waals surface area contributed by atoms with E-state index >= 15 is 0 Å². The van der Waals surface area contributed by atoms with Gasteiger partial charge in [-0.3, -0.25) is 19.1 Å². The molecule has 4 saturated carbocycles. The number of sulfonamides is 1. The van der Waals surface area contributed by atoms with E-state index in [4.69, 9.17) is 19.2 Å². The molecule has 2 aromatic rings. The Morgan fingerprint density at radius 2 is 1.78 bits per heavy atom. The second kappa shape index (κ2) is 15.3. The van der Waals surface area contributed by atoms with Crippen LogP contribution in [0.5, 0.6) is 11.5 Å². The first-order valence-electron chi connectivity index (χ1n) is 21.5. The molecular weight excluding hydrogens is 763 g/mol. The van der Waals surface area contributed by atoms with E-state index in [1.807, 2.05) is 30.4 Å². The molecule has 58 heavy (non-hydrogen) atoms. The highest BCUT2D eigenvalue weighted by atomic mass is 32.2. The van der Waals surface area contributed by atoms with Crippen molar-refractivity contribution in [1.29, 1.82) is 0 Å². The number of amides is 4. The molecule has 5 fully saturated rings. The Balaban J connectivity index is 1.06. The van der Waals surface area contributed by atoms with Gasteiger partial charge in [0.1, 0.15) is 40.8 Å².